The van der Waals surface area contributed by atoms with E-state index in [-0.39, 0.29) is 11.7 Å². The molecule has 0 aliphatic carbocycles. The van der Waals surface area contributed by atoms with Gasteiger partial charge in [-0.3, -0.25) is 10.1 Å². The molecule has 1 aromatic rings. The van der Waals surface area contributed by atoms with E-state index in [0.29, 0.717) is 11.0 Å². The van der Waals surface area contributed by atoms with Crippen molar-refractivity contribution < 1.29 is 4.92 Å². The average molecular weight is 288 g/mol. The molecule has 0 radical (unpaired) electrons. The van der Waals surface area contributed by atoms with E-state index in [1.54, 1.807) is 6.07 Å². The van der Waals surface area contributed by atoms with Gasteiger partial charge in [-0.1, -0.05) is 6.92 Å². The van der Waals surface area contributed by atoms with Crippen molar-refractivity contribution in [2.45, 2.75) is 19.4 Å². The normalized spacial score (nSPS) is 12.2. The molecule has 0 aromatic heterocycles. The molecule has 0 bridgehead atoms. The first kappa shape index (κ1) is 12.9. The van der Waals surface area contributed by atoms with E-state index >= 15 is 0 Å². The van der Waals surface area contributed by atoms with Crippen LogP contribution < -0.4 is 11.1 Å². The minimum Gasteiger partial charge on any atom is -0.383 e. The molecule has 1 rings (SSSR count). The van der Waals surface area contributed by atoms with Gasteiger partial charge in [0.15, 0.2) is 0 Å². The fraction of sp³-hybridized carbons (Fsp3) is 0.400. The summed E-state index contributed by atoms with van der Waals surface area (Å²) in [5.41, 5.74) is 6.64. The summed E-state index contributed by atoms with van der Waals surface area (Å²) in [5, 5.41) is 13.7. The summed E-state index contributed by atoms with van der Waals surface area (Å²) in [6.07, 6.45) is 0.887. The molecule has 16 heavy (non-hydrogen) atoms. The summed E-state index contributed by atoms with van der Waals surface area (Å²) in [5.74, 6) is 0. The van der Waals surface area contributed by atoms with Crippen LogP contribution in [0.4, 0.5) is 11.4 Å². The number of nitrogens with two attached hydrogens (primary N) is 1. The molecule has 1 atom stereocenters. The van der Waals surface area contributed by atoms with Gasteiger partial charge in [0, 0.05) is 34.9 Å². The highest BCUT2D eigenvalue weighted by molar-refractivity contribution is 9.10. The Bertz CT molecular complexity index is 384. The quantitative estimate of drug-likeness (QED) is 0.644. The third-order valence-corrected chi connectivity index (χ3v) is 2.90. The third kappa shape index (κ3) is 3.46. The van der Waals surface area contributed by atoms with Gasteiger partial charge in [0.1, 0.15) is 0 Å². The Hall–Kier alpha value is -1.14. The maximum absolute atomic E-state index is 10.5. The average Bonchev–Trinajstić information content (AvgIpc) is 2.26. The molecule has 0 fully saturated rings. The molecule has 1 aromatic carbocycles. The fourth-order valence-corrected chi connectivity index (χ4v) is 1.65. The Morgan fingerprint density at radius 3 is 2.81 bits per heavy atom. The van der Waals surface area contributed by atoms with Gasteiger partial charge in [0.25, 0.3) is 5.69 Å². The number of hydrogen-bond acceptors (Lipinski definition) is 4. The van der Waals surface area contributed by atoms with Crippen LogP contribution in [0.2, 0.25) is 0 Å². The van der Waals surface area contributed by atoms with Crippen molar-refractivity contribution in [3.05, 3.63) is 32.8 Å². The van der Waals surface area contributed by atoms with Crippen LogP contribution in [0.15, 0.2) is 22.7 Å². The largest absolute Gasteiger partial charge is 0.383 e. The van der Waals surface area contributed by atoms with E-state index in [9.17, 15) is 10.1 Å². The highest BCUT2D eigenvalue weighted by Gasteiger charge is 2.09. The molecular weight excluding hydrogens is 274 g/mol. The van der Waals surface area contributed by atoms with E-state index in [1.165, 1.54) is 12.1 Å². The summed E-state index contributed by atoms with van der Waals surface area (Å²) < 4.78 is 0.671. The van der Waals surface area contributed by atoms with E-state index < -0.39 is 4.92 Å². The summed E-state index contributed by atoms with van der Waals surface area (Å²) in [4.78, 5) is 10.1. The molecule has 0 saturated heterocycles. The zero-order valence-electron chi connectivity index (χ0n) is 8.94. The number of hydrogen-bond donors (Lipinski definition) is 2. The van der Waals surface area contributed by atoms with Crippen molar-refractivity contribution in [1.82, 2.24) is 0 Å². The first-order valence-electron chi connectivity index (χ1n) is 4.98. The smallest absolute Gasteiger partial charge is 0.270 e. The molecule has 0 amide bonds. The maximum atomic E-state index is 10.5. The molecule has 6 heteroatoms. The highest BCUT2D eigenvalue weighted by Crippen LogP contribution is 2.26. The SMILES string of the molecule is CCC(N)CNc1ccc([N+](=O)[O-])cc1Br. The maximum Gasteiger partial charge on any atom is 0.270 e. The van der Waals surface area contributed by atoms with Gasteiger partial charge in [0.05, 0.1) is 4.92 Å². The Morgan fingerprint density at radius 1 is 1.62 bits per heavy atom. The van der Waals surface area contributed by atoms with E-state index in [1.807, 2.05) is 6.92 Å². The first-order valence-corrected chi connectivity index (χ1v) is 5.77. The predicted molar refractivity (Wildman–Crippen MR) is 67.6 cm³/mol. The molecule has 0 spiro atoms. The van der Waals surface area contributed by atoms with Crippen molar-refractivity contribution in [3.63, 3.8) is 0 Å². The molecule has 1 unspecified atom stereocenters. The summed E-state index contributed by atoms with van der Waals surface area (Å²) in [6, 6.07) is 4.69. The second-order valence-corrected chi connectivity index (χ2v) is 4.32. The first-order chi connectivity index (χ1) is 7.54. The second kappa shape index (κ2) is 5.81. The van der Waals surface area contributed by atoms with Crippen LogP contribution in [0.25, 0.3) is 0 Å². The topological polar surface area (TPSA) is 81.2 Å². The lowest BCUT2D eigenvalue weighted by molar-refractivity contribution is -0.384. The van der Waals surface area contributed by atoms with Gasteiger partial charge >= 0.3 is 0 Å². The van der Waals surface area contributed by atoms with Crippen LogP contribution in [-0.4, -0.2) is 17.5 Å². The molecule has 0 saturated carbocycles. The van der Waals surface area contributed by atoms with Crippen LogP contribution in [0.1, 0.15) is 13.3 Å². The minimum atomic E-state index is -0.424. The number of nitro benzene ring substituents is 1. The molecule has 0 aliphatic heterocycles. The standard InChI is InChI=1S/C10H14BrN3O2/c1-2-7(12)6-13-10-4-3-8(14(15)16)5-9(10)11/h3-5,7,13H,2,6,12H2,1H3. The van der Waals surface area contributed by atoms with E-state index in [4.69, 9.17) is 5.73 Å². The van der Waals surface area contributed by atoms with Crippen molar-refractivity contribution in [2.75, 3.05) is 11.9 Å². The molecule has 88 valence electrons. The van der Waals surface area contributed by atoms with Crippen molar-refractivity contribution in [3.8, 4) is 0 Å². The highest BCUT2D eigenvalue weighted by atomic mass is 79.9. The zero-order valence-corrected chi connectivity index (χ0v) is 10.5. The molecular formula is C10H14BrN3O2. The number of nitrogens with one attached hydrogen (secondary N) is 1. The number of anilines is 1. The monoisotopic (exact) mass is 287 g/mol. The molecule has 0 aliphatic rings. The van der Waals surface area contributed by atoms with E-state index in [0.717, 1.165) is 12.1 Å². The summed E-state index contributed by atoms with van der Waals surface area (Å²) in [6.45, 7) is 2.66. The van der Waals surface area contributed by atoms with Gasteiger partial charge in [-0.15, -0.1) is 0 Å². The number of rotatable bonds is 5. The van der Waals surface area contributed by atoms with Crippen LogP contribution in [0.3, 0.4) is 0 Å². The van der Waals surface area contributed by atoms with Gasteiger partial charge < -0.3 is 11.1 Å². The Morgan fingerprint density at radius 2 is 2.31 bits per heavy atom. The predicted octanol–water partition coefficient (Wildman–Crippen LogP) is 2.51. The van der Waals surface area contributed by atoms with Crippen LogP contribution in [-0.2, 0) is 0 Å². The fourth-order valence-electron chi connectivity index (χ4n) is 1.15. The second-order valence-electron chi connectivity index (χ2n) is 3.47. The van der Waals surface area contributed by atoms with Crippen molar-refractivity contribution in [1.29, 1.82) is 0 Å². The van der Waals surface area contributed by atoms with Crippen molar-refractivity contribution >= 4 is 27.3 Å². The van der Waals surface area contributed by atoms with Crippen LogP contribution >= 0.6 is 15.9 Å². The molecule has 3 N–H and O–H groups in total. The Labute approximate surface area is 102 Å². The van der Waals surface area contributed by atoms with Crippen LogP contribution in [0, 0.1) is 10.1 Å². The van der Waals surface area contributed by atoms with E-state index in [2.05, 4.69) is 21.2 Å². The summed E-state index contributed by atoms with van der Waals surface area (Å²) >= 11 is 3.28. The van der Waals surface area contributed by atoms with Gasteiger partial charge in [-0.05, 0) is 28.4 Å². The summed E-state index contributed by atoms with van der Waals surface area (Å²) in [7, 11) is 0. The number of nitro groups is 1. The Balaban J connectivity index is 2.72. The van der Waals surface area contributed by atoms with Crippen molar-refractivity contribution in [2.24, 2.45) is 5.73 Å². The molecule has 5 nitrogen and oxygen atoms in total. The van der Waals surface area contributed by atoms with Crippen LogP contribution in [0.5, 0.6) is 0 Å². The number of benzene rings is 1. The number of non-ortho nitro benzene ring substituents is 1. The number of halogens is 1. The Kier molecular flexibility index (Phi) is 4.70. The third-order valence-electron chi connectivity index (χ3n) is 2.24. The van der Waals surface area contributed by atoms with Gasteiger partial charge in [-0.25, -0.2) is 0 Å². The zero-order chi connectivity index (χ0) is 12.1. The lowest BCUT2D eigenvalue weighted by atomic mass is 10.2. The molecule has 0 heterocycles. The van der Waals surface area contributed by atoms with Gasteiger partial charge in [-0.2, -0.15) is 0 Å². The lowest BCUT2D eigenvalue weighted by Gasteiger charge is -2.12. The number of nitrogens with zero attached hydrogens (tertiary/aromatic N) is 1. The lowest BCUT2D eigenvalue weighted by Crippen LogP contribution is -2.28. The van der Waals surface area contributed by atoms with Gasteiger partial charge in [0.2, 0.25) is 0 Å². The minimum absolute atomic E-state index is 0.0669.